The summed E-state index contributed by atoms with van der Waals surface area (Å²) in [6.07, 6.45) is -0.377. The highest BCUT2D eigenvalue weighted by atomic mass is 16.5. The summed E-state index contributed by atoms with van der Waals surface area (Å²) in [6, 6.07) is -2.00. The highest BCUT2D eigenvalue weighted by Gasteiger charge is 2.27. The Morgan fingerprint density at radius 2 is 1.75 bits per heavy atom. The van der Waals surface area contributed by atoms with Crippen LogP contribution >= 0.6 is 0 Å². The molecule has 7 heteroatoms. The number of hydrogen-bond donors (Lipinski definition) is 3. The van der Waals surface area contributed by atoms with E-state index in [9.17, 15) is 14.4 Å². The zero-order valence-corrected chi connectivity index (χ0v) is 12.4. The number of esters is 1. The lowest BCUT2D eigenvalue weighted by Crippen LogP contribution is -2.50. The molecule has 0 saturated heterocycles. The zero-order chi connectivity index (χ0) is 15.9. The maximum atomic E-state index is 11.9. The van der Waals surface area contributed by atoms with Crippen LogP contribution in [-0.2, 0) is 19.1 Å². The molecule has 0 aromatic heterocycles. The lowest BCUT2D eigenvalue weighted by atomic mass is 10.0. The van der Waals surface area contributed by atoms with Crippen LogP contribution in [0.1, 0.15) is 40.5 Å². The average molecular weight is 288 g/mol. The van der Waals surface area contributed by atoms with Gasteiger partial charge in [-0.25, -0.2) is 4.79 Å². The third-order valence-corrected chi connectivity index (χ3v) is 2.39. The number of hydrogen-bond acceptors (Lipinski definition) is 5. The van der Waals surface area contributed by atoms with Gasteiger partial charge in [0.1, 0.15) is 6.04 Å². The van der Waals surface area contributed by atoms with Crippen molar-refractivity contribution in [2.45, 2.75) is 58.7 Å². The van der Waals surface area contributed by atoms with Crippen LogP contribution in [0.3, 0.4) is 0 Å². The fourth-order valence-electron chi connectivity index (χ4n) is 1.56. The highest BCUT2D eigenvalue weighted by molar-refractivity contribution is 5.89. The minimum Gasteiger partial charge on any atom is -0.481 e. The zero-order valence-electron chi connectivity index (χ0n) is 12.4. The van der Waals surface area contributed by atoms with E-state index >= 15 is 0 Å². The van der Waals surface area contributed by atoms with Crippen molar-refractivity contribution in [2.24, 2.45) is 11.7 Å². The molecule has 0 aromatic carbocycles. The van der Waals surface area contributed by atoms with Gasteiger partial charge in [0.15, 0.2) is 0 Å². The fraction of sp³-hybridized carbons (Fsp3) is 0.769. The SMILES string of the molecule is CC(C)C[C@@H](NC(=O)[C@@H](N)CC(=O)O)C(=O)OC(C)C. The second-order valence-electron chi connectivity index (χ2n) is 5.38. The molecule has 0 unspecified atom stereocenters. The third-order valence-electron chi connectivity index (χ3n) is 2.39. The van der Waals surface area contributed by atoms with Gasteiger partial charge in [-0.05, 0) is 26.2 Å². The van der Waals surface area contributed by atoms with E-state index in [1.54, 1.807) is 13.8 Å². The summed E-state index contributed by atoms with van der Waals surface area (Å²) in [5.74, 6) is -2.21. The summed E-state index contributed by atoms with van der Waals surface area (Å²) in [5, 5.41) is 11.0. The quantitative estimate of drug-likeness (QED) is 0.552. The molecule has 0 spiro atoms. The molecule has 2 atom stereocenters. The van der Waals surface area contributed by atoms with Crippen molar-refractivity contribution in [3.05, 3.63) is 0 Å². The fourth-order valence-corrected chi connectivity index (χ4v) is 1.56. The van der Waals surface area contributed by atoms with E-state index in [1.165, 1.54) is 0 Å². The Hall–Kier alpha value is -1.63. The Labute approximate surface area is 118 Å². The number of nitrogens with two attached hydrogens (primary N) is 1. The lowest BCUT2D eigenvalue weighted by Gasteiger charge is -2.22. The molecule has 0 rings (SSSR count). The summed E-state index contributed by atoms with van der Waals surface area (Å²) in [6.45, 7) is 7.22. The van der Waals surface area contributed by atoms with Gasteiger partial charge in [-0.15, -0.1) is 0 Å². The minimum atomic E-state index is -1.19. The van der Waals surface area contributed by atoms with Crippen molar-refractivity contribution in [2.75, 3.05) is 0 Å². The van der Waals surface area contributed by atoms with Crippen LogP contribution in [0.15, 0.2) is 0 Å². The van der Waals surface area contributed by atoms with Gasteiger partial charge in [0, 0.05) is 0 Å². The third kappa shape index (κ3) is 7.73. The monoisotopic (exact) mass is 288 g/mol. The Balaban J connectivity index is 4.67. The van der Waals surface area contributed by atoms with Crippen LogP contribution in [-0.4, -0.2) is 41.1 Å². The second-order valence-corrected chi connectivity index (χ2v) is 5.38. The van der Waals surface area contributed by atoms with Crippen molar-refractivity contribution in [1.29, 1.82) is 0 Å². The summed E-state index contributed by atoms with van der Waals surface area (Å²) in [4.78, 5) is 34.1. The standard InChI is InChI=1S/C13H24N2O5/c1-7(2)5-10(13(19)20-8(3)4)15-12(18)9(14)6-11(16)17/h7-10H,5-6,14H2,1-4H3,(H,15,18)(H,16,17)/t9-,10+/m0/s1. The van der Waals surface area contributed by atoms with E-state index in [2.05, 4.69) is 5.32 Å². The molecule has 0 saturated carbocycles. The summed E-state index contributed by atoms with van der Waals surface area (Å²) in [5.41, 5.74) is 5.45. The smallest absolute Gasteiger partial charge is 0.328 e. The van der Waals surface area contributed by atoms with Crippen LogP contribution < -0.4 is 11.1 Å². The van der Waals surface area contributed by atoms with Gasteiger partial charge in [0.2, 0.25) is 5.91 Å². The molecule has 1 amide bonds. The molecule has 0 heterocycles. The van der Waals surface area contributed by atoms with Crippen LogP contribution in [0.5, 0.6) is 0 Å². The number of nitrogens with one attached hydrogen (secondary N) is 1. The maximum absolute atomic E-state index is 11.9. The molecule has 20 heavy (non-hydrogen) atoms. The van der Waals surface area contributed by atoms with E-state index in [1.807, 2.05) is 13.8 Å². The summed E-state index contributed by atoms with van der Waals surface area (Å²) < 4.78 is 5.06. The van der Waals surface area contributed by atoms with Gasteiger partial charge in [-0.3, -0.25) is 9.59 Å². The number of carboxylic acids is 1. The van der Waals surface area contributed by atoms with Crippen LogP contribution in [0.25, 0.3) is 0 Å². The molecule has 0 aliphatic carbocycles. The number of ether oxygens (including phenoxy) is 1. The lowest BCUT2D eigenvalue weighted by molar-refractivity contribution is -0.152. The first-order valence-corrected chi connectivity index (χ1v) is 6.61. The van der Waals surface area contributed by atoms with Gasteiger partial charge in [-0.1, -0.05) is 13.8 Å². The predicted molar refractivity (Wildman–Crippen MR) is 72.8 cm³/mol. The minimum absolute atomic E-state index is 0.163. The largest absolute Gasteiger partial charge is 0.481 e. The van der Waals surface area contributed by atoms with E-state index in [0.717, 1.165) is 0 Å². The Morgan fingerprint density at radius 1 is 1.20 bits per heavy atom. The van der Waals surface area contributed by atoms with Crippen molar-refractivity contribution < 1.29 is 24.2 Å². The molecule has 0 aliphatic rings. The molecule has 4 N–H and O–H groups in total. The molecule has 116 valence electrons. The van der Waals surface area contributed by atoms with Crippen molar-refractivity contribution in [3.8, 4) is 0 Å². The first-order valence-electron chi connectivity index (χ1n) is 6.61. The molecule has 0 fully saturated rings. The Bertz CT molecular complexity index is 355. The van der Waals surface area contributed by atoms with Crippen molar-refractivity contribution >= 4 is 17.8 Å². The number of amides is 1. The molecule has 0 aliphatic heterocycles. The number of aliphatic carboxylic acids is 1. The summed E-state index contributed by atoms with van der Waals surface area (Å²) in [7, 11) is 0. The van der Waals surface area contributed by atoms with Gasteiger partial charge in [0.25, 0.3) is 0 Å². The molecule has 7 nitrogen and oxygen atoms in total. The first-order chi connectivity index (χ1) is 9.13. The number of carbonyl (C=O) groups is 3. The summed E-state index contributed by atoms with van der Waals surface area (Å²) >= 11 is 0. The van der Waals surface area contributed by atoms with Gasteiger partial charge >= 0.3 is 11.9 Å². The Kier molecular flexibility index (Phi) is 7.83. The van der Waals surface area contributed by atoms with Gasteiger partial charge < -0.3 is 20.9 Å². The average Bonchev–Trinajstić information content (AvgIpc) is 2.25. The van der Waals surface area contributed by atoms with E-state index in [-0.39, 0.29) is 12.0 Å². The second kappa shape index (κ2) is 8.52. The number of carboxylic acid groups (broad SMARTS) is 1. The van der Waals surface area contributed by atoms with Crippen molar-refractivity contribution in [3.63, 3.8) is 0 Å². The number of carbonyl (C=O) groups excluding carboxylic acids is 2. The number of rotatable bonds is 8. The molecular weight excluding hydrogens is 264 g/mol. The van der Waals surface area contributed by atoms with Crippen LogP contribution in [0, 0.1) is 5.92 Å². The topological polar surface area (TPSA) is 119 Å². The van der Waals surface area contributed by atoms with Gasteiger partial charge in [-0.2, -0.15) is 0 Å². The predicted octanol–water partition coefficient (Wildman–Crippen LogP) is 0.271. The van der Waals surface area contributed by atoms with E-state index in [0.29, 0.717) is 6.42 Å². The normalized spacial score (nSPS) is 13.9. The van der Waals surface area contributed by atoms with Gasteiger partial charge in [0.05, 0.1) is 18.6 Å². The molecule has 0 bridgehead atoms. The first kappa shape index (κ1) is 18.4. The molecular formula is C13H24N2O5. The van der Waals surface area contributed by atoms with Crippen LogP contribution in [0.4, 0.5) is 0 Å². The van der Waals surface area contributed by atoms with E-state index < -0.39 is 36.4 Å². The van der Waals surface area contributed by atoms with E-state index in [4.69, 9.17) is 15.6 Å². The Morgan fingerprint density at radius 3 is 2.15 bits per heavy atom. The van der Waals surface area contributed by atoms with Crippen LogP contribution in [0.2, 0.25) is 0 Å². The highest BCUT2D eigenvalue weighted by Crippen LogP contribution is 2.08. The molecule has 0 radical (unpaired) electrons. The molecule has 0 aromatic rings. The van der Waals surface area contributed by atoms with Crippen molar-refractivity contribution in [1.82, 2.24) is 5.32 Å². The maximum Gasteiger partial charge on any atom is 0.328 e.